The lowest BCUT2D eigenvalue weighted by Gasteiger charge is -2.36. The fraction of sp³-hybridized carbons (Fsp3) is 0.353. The van der Waals surface area contributed by atoms with E-state index in [1.165, 1.54) is 6.33 Å². The Bertz CT molecular complexity index is 1510. The summed E-state index contributed by atoms with van der Waals surface area (Å²) in [4.78, 5) is 27.1. The third-order valence-electron chi connectivity index (χ3n) is 7.64. The van der Waals surface area contributed by atoms with Crippen molar-refractivity contribution in [2.75, 3.05) is 5.75 Å². The standard InChI is InChI=1S/C34H38N4O6S/c39-20-23-9-11-26(12-10-23)30-18-29(21-45-34-36-22-37-38-34)43-33(44-30)27-15-13-25(14-16-27)28-6-4-5-24(17-28)19-35-31(40)7-2-1-3-8-32(41)42/h4-6,9-17,22,29-30,33,39H,1-3,7-8,18-21H2,(H,35,40)(H,41,42)(H,36,37,38)/t29-,30+,33+/m1/s1. The maximum Gasteiger partial charge on any atom is 0.303 e. The predicted octanol–water partition coefficient (Wildman–Crippen LogP) is 5.95. The first-order valence-electron chi connectivity index (χ1n) is 15.1. The van der Waals surface area contributed by atoms with Gasteiger partial charge in [-0.3, -0.25) is 14.7 Å². The molecule has 5 rings (SSSR count). The van der Waals surface area contributed by atoms with Gasteiger partial charge in [-0.05, 0) is 46.7 Å². The van der Waals surface area contributed by atoms with Gasteiger partial charge in [0.25, 0.3) is 0 Å². The van der Waals surface area contributed by atoms with Gasteiger partial charge < -0.3 is 25.0 Å². The highest BCUT2D eigenvalue weighted by Gasteiger charge is 2.32. The summed E-state index contributed by atoms with van der Waals surface area (Å²) in [5.74, 6) is -0.151. The lowest BCUT2D eigenvalue weighted by molar-refractivity contribution is -0.245. The highest BCUT2D eigenvalue weighted by molar-refractivity contribution is 7.99. The molecular formula is C34H38N4O6S. The van der Waals surface area contributed by atoms with Gasteiger partial charge in [-0.25, -0.2) is 4.98 Å². The largest absolute Gasteiger partial charge is 0.481 e. The third-order valence-corrected chi connectivity index (χ3v) is 8.65. The van der Waals surface area contributed by atoms with E-state index >= 15 is 0 Å². The van der Waals surface area contributed by atoms with Crippen LogP contribution in [0.15, 0.2) is 84.3 Å². The van der Waals surface area contributed by atoms with Gasteiger partial charge in [0, 0.05) is 37.1 Å². The maximum absolute atomic E-state index is 12.3. The molecule has 4 aromatic rings. The summed E-state index contributed by atoms with van der Waals surface area (Å²) in [6.07, 6.45) is 3.88. The van der Waals surface area contributed by atoms with E-state index in [0.717, 1.165) is 45.0 Å². The van der Waals surface area contributed by atoms with E-state index in [9.17, 15) is 14.7 Å². The van der Waals surface area contributed by atoms with Gasteiger partial charge in [0.05, 0.1) is 18.8 Å². The zero-order valence-corrected chi connectivity index (χ0v) is 25.7. The number of amides is 1. The number of carboxylic acid groups (broad SMARTS) is 1. The lowest BCUT2D eigenvalue weighted by atomic mass is 9.99. The topological polar surface area (TPSA) is 147 Å². The van der Waals surface area contributed by atoms with Gasteiger partial charge in [-0.1, -0.05) is 84.9 Å². The van der Waals surface area contributed by atoms with E-state index in [2.05, 4.69) is 38.7 Å². The fourth-order valence-corrected chi connectivity index (χ4v) is 5.98. The molecule has 0 aliphatic carbocycles. The Morgan fingerprint density at radius 2 is 1.69 bits per heavy atom. The van der Waals surface area contributed by atoms with E-state index in [4.69, 9.17) is 14.6 Å². The average Bonchev–Trinajstić information content (AvgIpc) is 3.60. The third kappa shape index (κ3) is 9.73. The Morgan fingerprint density at radius 1 is 0.911 bits per heavy atom. The van der Waals surface area contributed by atoms with Crippen LogP contribution in [0.25, 0.3) is 11.1 Å². The number of unbranched alkanes of at least 4 members (excludes halogenated alkanes) is 2. The molecule has 1 amide bonds. The van der Waals surface area contributed by atoms with Gasteiger partial charge in [0.15, 0.2) is 11.4 Å². The molecule has 236 valence electrons. The number of hydrogen-bond acceptors (Lipinski definition) is 8. The Balaban J connectivity index is 1.21. The van der Waals surface area contributed by atoms with Crippen molar-refractivity contribution >= 4 is 23.6 Å². The highest BCUT2D eigenvalue weighted by Crippen LogP contribution is 2.39. The van der Waals surface area contributed by atoms with Gasteiger partial charge in [-0.2, -0.15) is 5.10 Å². The number of aromatic amines is 1. The normalized spacial score (nSPS) is 18.0. The second-order valence-electron chi connectivity index (χ2n) is 11.0. The number of aliphatic hydroxyl groups excluding tert-OH is 1. The minimum absolute atomic E-state index is 0.00450. The quantitative estimate of drug-likeness (QED) is 0.0924. The average molecular weight is 631 g/mol. The summed E-state index contributed by atoms with van der Waals surface area (Å²) in [5.41, 5.74) is 5.87. The number of nitrogens with one attached hydrogen (secondary N) is 2. The number of rotatable bonds is 15. The van der Waals surface area contributed by atoms with Gasteiger partial charge in [0.2, 0.25) is 5.91 Å². The molecule has 2 heterocycles. The molecule has 3 aromatic carbocycles. The smallest absolute Gasteiger partial charge is 0.303 e. The van der Waals surface area contributed by atoms with Gasteiger partial charge in [-0.15, -0.1) is 0 Å². The zero-order valence-electron chi connectivity index (χ0n) is 24.9. The molecule has 4 N–H and O–H groups in total. The second kappa shape index (κ2) is 16.3. The highest BCUT2D eigenvalue weighted by atomic mass is 32.2. The van der Waals surface area contributed by atoms with Crippen molar-refractivity contribution in [3.05, 3.63) is 101 Å². The number of carbonyl (C=O) groups excluding carboxylic acids is 1. The summed E-state index contributed by atoms with van der Waals surface area (Å²) in [7, 11) is 0. The van der Waals surface area contributed by atoms with Crippen LogP contribution < -0.4 is 5.32 Å². The first-order chi connectivity index (χ1) is 22.0. The molecule has 1 fully saturated rings. The summed E-state index contributed by atoms with van der Waals surface area (Å²) in [6, 6.07) is 24.1. The molecule has 1 aromatic heterocycles. The summed E-state index contributed by atoms with van der Waals surface area (Å²) >= 11 is 1.56. The van der Waals surface area contributed by atoms with Crippen LogP contribution in [-0.2, 0) is 32.2 Å². The number of aromatic nitrogens is 3. The number of carboxylic acids is 1. The van der Waals surface area contributed by atoms with E-state index < -0.39 is 12.3 Å². The van der Waals surface area contributed by atoms with E-state index in [0.29, 0.717) is 38.0 Å². The second-order valence-corrected chi connectivity index (χ2v) is 12.0. The number of aliphatic carboxylic acids is 1. The minimum atomic E-state index is -0.803. The molecule has 1 saturated heterocycles. The van der Waals surface area contributed by atoms with Crippen LogP contribution in [0.1, 0.15) is 73.2 Å². The van der Waals surface area contributed by atoms with Crippen molar-refractivity contribution in [1.82, 2.24) is 20.5 Å². The number of thioether (sulfide) groups is 1. The monoisotopic (exact) mass is 630 g/mol. The number of carbonyl (C=O) groups is 2. The van der Waals surface area contributed by atoms with Crippen molar-refractivity contribution in [3.8, 4) is 11.1 Å². The van der Waals surface area contributed by atoms with Crippen LogP contribution in [0.3, 0.4) is 0 Å². The molecular weight excluding hydrogens is 592 g/mol. The van der Waals surface area contributed by atoms with E-state index in [-0.39, 0.29) is 31.1 Å². The fourth-order valence-electron chi connectivity index (χ4n) is 5.18. The van der Waals surface area contributed by atoms with Gasteiger partial charge >= 0.3 is 5.97 Å². The molecule has 0 bridgehead atoms. The SMILES string of the molecule is O=C(O)CCCCCC(=O)NCc1cccc(-c2ccc([C@H]3O[C@@H](CSc4ncn[nH]4)C[C@@H](c4ccc(CO)cc4)O3)cc2)c1. The molecule has 0 unspecified atom stereocenters. The number of nitrogens with zero attached hydrogens (tertiary/aromatic N) is 2. The molecule has 0 spiro atoms. The Hall–Kier alpha value is -4.03. The zero-order chi connectivity index (χ0) is 31.4. The number of ether oxygens (including phenoxy) is 2. The molecule has 10 nitrogen and oxygen atoms in total. The van der Waals surface area contributed by atoms with Crippen molar-refractivity contribution in [3.63, 3.8) is 0 Å². The van der Waals surface area contributed by atoms with Crippen LogP contribution in [0.5, 0.6) is 0 Å². The van der Waals surface area contributed by atoms with Crippen molar-refractivity contribution < 1.29 is 29.3 Å². The molecule has 1 aliphatic heterocycles. The van der Waals surface area contributed by atoms with Crippen molar-refractivity contribution in [2.24, 2.45) is 0 Å². The van der Waals surface area contributed by atoms with E-state index in [1.54, 1.807) is 11.8 Å². The Morgan fingerprint density at radius 3 is 2.42 bits per heavy atom. The van der Waals surface area contributed by atoms with Crippen LogP contribution >= 0.6 is 11.8 Å². The molecule has 0 saturated carbocycles. The molecule has 11 heteroatoms. The Labute approximate surface area is 266 Å². The predicted molar refractivity (Wildman–Crippen MR) is 170 cm³/mol. The molecule has 45 heavy (non-hydrogen) atoms. The van der Waals surface area contributed by atoms with Crippen LogP contribution in [0.4, 0.5) is 0 Å². The molecule has 3 atom stereocenters. The maximum atomic E-state index is 12.3. The summed E-state index contributed by atoms with van der Waals surface area (Å²) in [6.45, 7) is 0.424. The summed E-state index contributed by atoms with van der Waals surface area (Å²) in [5, 5.41) is 28.7. The minimum Gasteiger partial charge on any atom is -0.481 e. The number of benzene rings is 3. The molecule has 0 radical (unpaired) electrons. The van der Waals surface area contributed by atoms with Crippen LogP contribution in [-0.4, -0.2) is 49.1 Å². The van der Waals surface area contributed by atoms with Crippen molar-refractivity contribution in [2.45, 2.75) is 75.3 Å². The lowest BCUT2D eigenvalue weighted by Crippen LogP contribution is -2.31. The number of hydrogen-bond donors (Lipinski definition) is 4. The summed E-state index contributed by atoms with van der Waals surface area (Å²) < 4.78 is 12.9. The number of H-pyrrole nitrogens is 1. The van der Waals surface area contributed by atoms with Gasteiger partial charge in [0.1, 0.15) is 6.33 Å². The Kier molecular flexibility index (Phi) is 11.7. The number of aliphatic hydroxyl groups is 1. The first kappa shape index (κ1) is 32.4. The van der Waals surface area contributed by atoms with Crippen molar-refractivity contribution in [1.29, 1.82) is 0 Å². The van der Waals surface area contributed by atoms with Crippen LogP contribution in [0, 0.1) is 0 Å². The van der Waals surface area contributed by atoms with E-state index in [1.807, 2.05) is 54.6 Å². The molecule has 1 aliphatic rings. The first-order valence-corrected chi connectivity index (χ1v) is 16.1. The van der Waals surface area contributed by atoms with Crippen LogP contribution in [0.2, 0.25) is 0 Å².